The molecule has 1 amide bonds. The highest BCUT2D eigenvalue weighted by Gasteiger charge is 2.60. The van der Waals surface area contributed by atoms with Gasteiger partial charge in [0.05, 0.1) is 6.26 Å². The predicted octanol–water partition coefficient (Wildman–Crippen LogP) is 2.09. The number of fused-ring (bicyclic) bond motifs is 6. The molecule has 5 atom stereocenters. The van der Waals surface area contributed by atoms with Crippen LogP contribution in [0.3, 0.4) is 0 Å². The van der Waals surface area contributed by atoms with Crippen LogP contribution in [0.1, 0.15) is 30.4 Å². The van der Waals surface area contributed by atoms with Crippen molar-refractivity contribution < 1.29 is 30.8 Å². The van der Waals surface area contributed by atoms with E-state index in [2.05, 4.69) is 14.4 Å². The zero-order chi connectivity index (χ0) is 27.0. The lowest BCUT2D eigenvalue weighted by molar-refractivity contribution is -0.153. The summed E-state index contributed by atoms with van der Waals surface area (Å²) >= 11 is 1.03. The summed E-state index contributed by atoms with van der Waals surface area (Å²) < 4.78 is 69.1. The maximum atomic E-state index is 13.9. The van der Waals surface area contributed by atoms with E-state index in [0.29, 0.717) is 5.56 Å². The zero-order valence-electron chi connectivity index (χ0n) is 20.3. The van der Waals surface area contributed by atoms with Crippen LogP contribution in [-0.4, -0.2) is 51.6 Å². The number of piperidine rings is 1. The smallest absolute Gasteiger partial charge is 0.287 e. The van der Waals surface area contributed by atoms with E-state index in [1.165, 1.54) is 17.5 Å². The summed E-state index contributed by atoms with van der Waals surface area (Å²) in [7, 11) is -7.89. The number of amidine groups is 1. The van der Waals surface area contributed by atoms with E-state index in [0.717, 1.165) is 36.9 Å². The van der Waals surface area contributed by atoms with Crippen LogP contribution >= 0.6 is 11.3 Å². The zero-order valence-corrected chi connectivity index (χ0v) is 22.7. The normalized spacial score (nSPS) is 29.6. The predicted molar refractivity (Wildman–Crippen MR) is 138 cm³/mol. The van der Waals surface area contributed by atoms with Gasteiger partial charge in [-0.1, -0.05) is 12.1 Å². The average Bonchev–Trinajstić information content (AvgIpc) is 3.56. The van der Waals surface area contributed by atoms with Crippen LogP contribution < -0.4 is 10.0 Å². The Balaban J connectivity index is 1.35. The Morgan fingerprint density at radius 2 is 1.89 bits per heavy atom. The van der Waals surface area contributed by atoms with Gasteiger partial charge in [-0.25, -0.2) is 17.5 Å². The number of carbonyl (C=O) groups is 2. The van der Waals surface area contributed by atoms with Crippen molar-refractivity contribution in [2.45, 2.75) is 43.3 Å². The number of halogens is 1. The molecule has 14 heteroatoms. The molecule has 10 nitrogen and oxygen atoms in total. The molecule has 2 aliphatic heterocycles. The first kappa shape index (κ1) is 25.6. The van der Waals surface area contributed by atoms with Crippen LogP contribution in [0.15, 0.2) is 38.9 Å². The van der Waals surface area contributed by atoms with Crippen LogP contribution in [-0.2, 0) is 42.7 Å². The number of ketones is 1. The molecule has 38 heavy (non-hydrogen) atoms. The number of anilines is 1. The van der Waals surface area contributed by atoms with E-state index in [-0.39, 0.29) is 58.0 Å². The number of amides is 1. The molecule has 2 aromatic rings. The second-order valence-electron chi connectivity index (χ2n) is 10.4. The lowest BCUT2D eigenvalue weighted by Gasteiger charge is -2.45. The van der Waals surface area contributed by atoms with Crippen LogP contribution in [0, 0.1) is 29.5 Å². The van der Waals surface area contributed by atoms with Gasteiger partial charge in [0.1, 0.15) is 21.5 Å². The molecule has 1 aromatic heterocycles. The first-order valence-corrected chi connectivity index (χ1v) is 16.4. The summed E-state index contributed by atoms with van der Waals surface area (Å²) in [6.45, 7) is -0.0607. The number of nitrogens with one attached hydrogen (secondary N) is 2. The molecule has 1 aromatic carbocycles. The maximum absolute atomic E-state index is 13.9. The van der Waals surface area contributed by atoms with Crippen molar-refractivity contribution >= 4 is 53.9 Å². The number of nitrogens with zero attached hydrogens (tertiary/aromatic N) is 2. The molecule has 2 aliphatic carbocycles. The molecule has 0 radical (unpaired) electrons. The molecule has 3 heterocycles. The van der Waals surface area contributed by atoms with Crippen LogP contribution in [0.4, 0.5) is 9.39 Å². The van der Waals surface area contributed by atoms with Gasteiger partial charge in [0.15, 0.2) is 11.7 Å². The van der Waals surface area contributed by atoms with Gasteiger partial charge in [-0.15, -0.1) is 15.7 Å². The number of carbonyl (C=O) groups excluding carboxylic acids is 2. The van der Waals surface area contributed by atoms with Crippen molar-refractivity contribution in [1.29, 1.82) is 0 Å². The highest BCUT2D eigenvalue weighted by molar-refractivity contribution is 7.91. The molecule has 6 rings (SSSR count). The highest BCUT2D eigenvalue weighted by atomic mass is 32.2. The summed E-state index contributed by atoms with van der Waals surface area (Å²) in [5.41, 5.74) is 0.933. The minimum atomic E-state index is -4.32. The Morgan fingerprint density at radius 3 is 2.61 bits per heavy atom. The quantitative estimate of drug-likeness (QED) is 0.499. The monoisotopic (exact) mass is 580 g/mol. The van der Waals surface area contributed by atoms with Crippen LogP contribution in [0.25, 0.3) is 0 Å². The largest absolute Gasteiger partial charge is 0.333 e. The minimum absolute atomic E-state index is 0.121. The van der Waals surface area contributed by atoms with Crippen LogP contribution in [0.5, 0.6) is 0 Å². The standard InChI is InChI=1S/C24H25FN4O6S3/c1-37(32,33)26-9-15-11-36-23-21(15)38(34,35)28-22(27-23)18-20(30)17-13-4-5-14(8-13)19(17)29(24(18)31)10-12-2-6-16(25)7-3-12/h2-3,6-7,11,13-14,17-19,26H,4-5,8-10H2,1H3,(H,27,28)/t13-,14+,17?,18?,19?/m0/s1. The number of Topliss-reactive ketones (excluding diaryl/α,β-unsaturated/α-hetero) is 1. The Morgan fingerprint density at radius 1 is 1.18 bits per heavy atom. The van der Waals surface area contributed by atoms with E-state index >= 15 is 0 Å². The van der Waals surface area contributed by atoms with Gasteiger partial charge in [-0.3, -0.25) is 9.59 Å². The van der Waals surface area contributed by atoms with Gasteiger partial charge in [0, 0.05) is 30.6 Å². The van der Waals surface area contributed by atoms with Crippen molar-refractivity contribution in [3.8, 4) is 0 Å². The van der Waals surface area contributed by atoms with Crippen molar-refractivity contribution in [2.24, 2.45) is 28.1 Å². The Hall–Kier alpha value is -2.68. The topological polar surface area (TPSA) is 142 Å². The highest BCUT2D eigenvalue weighted by Crippen LogP contribution is 2.54. The van der Waals surface area contributed by atoms with Gasteiger partial charge >= 0.3 is 0 Å². The number of sulfonamides is 2. The van der Waals surface area contributed by atoms with Crippen molar-refractivity contribution in [3.63, 3.8) is 0 Å². The number of rotatable bonds is 6. The number of hydrogen-bond donors (Lipinski definition) is 2. The molecule has 2 saturated carbocycles. The molecular formula is C24H25FN4O6S3. The molecule has 2 bridgehead atoms. The van der Waals surface area contributed by atoms with E-state index in [1.54, 1.807) is 17.0 Å². The summed E-state index contributed by atoms with van der Waals surface area (Å²) in [4.78, 5) is 29.2. The number of thiophene rings is 1. The Labute approximate surface area is 223 Å². The fourth-order valence-corrected chi connectivity index (χ4v) is 9.54. The van der Waals surface area contributed by atoms with Crippen molar-refractivity contribution in [2.75, 3.05) is 11.6 Å². The lowest BCUT2D eigenvalue weighted by atomic mass is 9.73. The molecule has 202 valence electrons. The third kappa shape index (κ3) is 4.27. The van der Waals surface area contributed by atoms with Gasteiger partial charge in [0.25, 0.3) is 10.0 Å². The summed E-state index contributed by atoms with van der Waals surface area (Å²) in [5, 5.41) is 4.60. The van der Waals surface area contributed by atoms with Crippen molar-refractivity contribution in [1.82, 2.24) is 9.62 Å². The lowest BCUT2D eigenvalue weighted by Crippen LogP contribution is -2.61. The average molecular weight is 581 g/mol. The molecule has 0 spiro atoms. The fraction of sp³-hybridized carbons (Fsp3) is 0.458. The fourth-order valence-electron chi connectivity index (χ4n) is 6.48. The minimum Gasteiger partial charge on any atom is -0.333 e. The molecule has 1 saturated heterocycles. The molecule has 2 N–H and O–H groups in total. The summed E-state index contributed by atoms with van der Waals surface area (Å²) in [6, 6.07) is 5.56. The van der Waals surface area contributed by atoms with Crippen LogP contribution in [0.2, 0.25) is 0 Å². The van der Waals surface area contributed by atoms with Crippen molar-refractivity contribution in [3.05, 3.63) is 46.6 Å². The third-order valence-corrected chi connectivity index (χ3v) is 11.1. The molecule has 4 aliphatic rings. The number of benzene rings is 1. The first-order valence-electron chi connectivity index (χ1n) is 12.2. The Kier molecular flexibility index (Phi) is 6.01. The maximum Gasteiger partial charge on any atom is 0.287 e. The SMILES string of the molecule is CS(=O)(=O)NCc1csc2c1S(=O)(=O)N=C(C1C(=O)C3C([C@@H]4CC[C@H]3C4)N(Cc3ccc(F)cc3)C1=O)N2. The molecule has 3 fully saturated rings. The van der Waals surface area contributed by atoms with Gasteiger partial charge in [-0.05, 0) is 54.2 Å². The van der Waals surface area contributed by atoms with Gasteiger partial charge in [0.2, 0.25) is 15.9 Å². The number of hydrogen-bond acceptors (Lipinski definition) is 8. The number of likely N-dealkylation sites (tertiary alicyclic amines) is 1. The molecular weight excluding hydrogens is 555 g/mol. The summed E-state index contributed by atoms with van der Waals surface area (Å²) in [6.07, 6.45) is 3.61. The van der Waals surface area contributed by atoms with E-state index in [1.807, 2.05) is 0 Å². The van der Waals surface area contributed by atoms with E-state index in [9.17, 15) is 30.8 Å². The summed E-state index contributed by atoms with van der Waals surface area (Å²) in [5.74, 6) is -2.97. The van der Waals surface area contributed by atoms with Gasteiger partial charge in [-0.2, -0.15) is 8.42 Å². The second kappa shape index (κ2) is 8.93. The Bertz CT molecular complexity index is 1580. The third-order valence-electron chi connectivity index (χ3n) is 7.97. The van der Waals surface area contributed by atoms with E-state index in [4.69, 9.17) is 0 Å². The first-order chi connectivity index (χ1) is 17.9. The van der Waals surface area contributed by atoms with Gasteiger partial charge < -0.3 is 10.2 Å². The molecule has 3 unspecified atom stereocenters. The second-order valence-corrected chi connectivity index (χ2v) is 14.6. The van der Waals surface area contributed by atoms with E-state index < -0.39 is 43.6 Å².